The first kappa shape index (κ1) is 26.5. The largest absolute Gasteiger partial charge is 1.00 e. The van der Waals surface area contributed by atoms with Gasteiger partial charge in [-0.1, -0.05) is 60.7 Å². The Bertz CT molecular complexity index is 795. The summed E-state index contributed by atoms with van der Waals surface area (Å²) >= 11 is 0. The number of carboxylic acids is 1. The molecule has 11 heteroatoms. The van der Waals surface area contributed by atoms with Crippen molar-refractivity contribution in [1.29, 1.82) is 0 Å². The molecule has 0 aliphatic carbocycles. The first-order chi connectivity index (χ1) is 12.4. The summed E-state index contributed by atoms with van der Waals surface area (Å²) in [6, 6.07) is 15.0. The molecule has 0 aliphatic heterocycles. The first-order valence-electron chi connectivity index (χ1n) is 7.65. The van der Waals surface area contributed by atoms with E-state index in [1.165, 1.54) is 12.1 Å². The van der Waals surface area contributed by atoms with E-state index in [2.05, 4.69) is 5.32 Å². The molecule has 0 aliphatic rings. The molecular formula is C17H17Li2N2O6P. The Morgan fingerprint density at radius 2 is 1.54 bits per heavy atom. The Morgan fingerprint density at radius 1 is 1.00 bits per heavy atom. The Labute approximate surface area is 186 Å². The summed E-state index contributed by atoms with van der Waals surface area (Å²) in [5.41, 5.74) is 0.961. The number of carboxylic acid groups (broad SMARTS) is 1. The van der Waals surface area contributed by atoms with E-state index in [4.69, 9.17) is 4.74 Å². The van der Waals surface area contributed by atoms with Gasteiger partial charge in [0.25, 0.3) is 0 Å². The maximum atomic E-state index is 12.1. The molecule has 0 saturated carbocycles. The maximum Gasteiger partial charge on any atom is 1.00 e. The van der Waals surface area contributed by atoms with Crippen LogP contribution in [0.5, 0.6) is 0 Å². The zero-order valence-electron chi connectivity index (χ0n) is 15.7. The van der Waals surface area contributed by atoms with E-state index in [1.807, 2.05) is 11.2 Å². The van der Waals surface area contributed by atoms with Crippen molar-refractivity contribution >= 4 is 19.6 Å². The van der Waals surface area contributed by atoms with E-state index in [1.54, 1.807) is 42.5 Å². The van der Waals surface area contributed by atoms with Gasteiger partial charge in [0.2, 0.25) is 0 Å². The van der Waals surface area contributed by atoms with Gasteiger partial charge in [-0.05, 0) is 11.1 Å². The van der Waals surface area contributed by atoms with Crippen LogP contribution in [-0.2, 0) is 20.7 Å². The average molecular weight is 390 g/mol. The van der Waals surface area contributed by atoms with E-state index in [0.717, 1.165) is 5.56 Å². The van der Waals surface area contributed by atoms with Crippen LogP contribution in [-0.4, -0.2) is 18.3 Å². The molecule has 0 heterocycles. The van der Waals surface area contributed by atoms with Crippen LogP contribution >= 0.6 is 7.52 Å². The topological polar surface area (TPSA) is 131 Å². The van der Waals surface area contributed by atoms with Crippen LogP contribution in [0.15, 0.2) is 60.7 Å². The predicted molar refractivity (Wildman–Crippen MR) is 89.6 cm³/mol. The van der Waals surface area contributed by atoms with E-state index >= 15 is 0 Å². The average Bonchev–Trinajstić information content (AvgIpc) is 2.64. The van der Waals surface area contributed by atoms with Gasteiger partial charge < -0.3 is 29.4 Å². The number of benzene rings is 2. The van der Waals surface area contributed by atoms with Gasteiger partial charge in [0, 0.05) is 0 Å². The van der Waals surface area contributed by atoms with Crippen LogP contribution in [0.2, 0.25) is 0 Å². The van der Waals surface area contributed by atoms with Crippen molar-refractivity contribution in [3.8, 4) is 0 Å². The van der Waals surface area contributed by atoms with Gasteiger partial charge in [0.1, 0.15) is 6.61 Å². The quantitative estimate of drug-likeness (QED) is 0.340. The minimum Gasteiger partial charge on any atom is -0.787 e. The van der Waals surface area contributed by atoms with Crippen molar-refractivity contribution in [2.24, 2.45) is 0 Å². The van der Waals surface area contributed by atoms with E-state index in [0.29, 0.717) is 0 Å². The molecule has 0 saturated heterocycles. The third kappa shape index (κ3) is 9.14. The molecule has 28 heavy (non-hydrogen) atoms. The van der Waals surface area contributed by atoms with E-state index in [9.17, 15) is 24.2 Å². The minimum atomic E-state index is -4.45. The van der Waals surface area contributed by atoms with Crippen molar-refractivity contribution in [2.45, 2.75) is 12.6 Å². The number of amides is 1. The Morgan fingerprint density at radius 3 is 2.07 bits per heavy atom. The van der Waals surface area contributed by atoms with Crippen molar-refractivity contribution in [3.63, 3.8) is 0 Å². The fourth-order valence-corrected chi connectivity index (χ4v) is 3.17. The molecule has 138 valence electrons. The summed E-state index contributed by atoms with van der Waals surface area (Å²) < 4.78 is 16.9. The van der Waals surface area contributed by atoms with Crippen LogP contribution in [0.4, 0.5) is 4.79 Å². The standard InChI is InChI=1S/C17H19N2O6P.2Li/c20-16(21)15(14-9-5-2-6-10-14)19-26(23,24)12-18-17(22)25-11-13-7-3-1-4-8-13;;/h1-10,15H,11-12H2,(H,18,22)(H,20,21)(H2,19,23,24);;/q;2*+1/p-2/t15-;;/m1../s1. The minimum absolute atomic E-state index is 0. The molecule has 2 atom stereocenters. The number of hydrogen-bond acceptors (Lipinski definition) is 6. The molecular weight excluding hydrogens is 373 g/mol. The molecule has 1 amide bonds. The fourth-order valence-electron chi connectivity index (χ4n) is 2.09. The second kappa shape index (κ2) is 12.9. The molecule has 2 aromatic rings. The number of alkyl carbamates (subject to hydrolysis) is 1. The molecule has 2 rings (SSSR count). The van der Waals surface area contributed by atoms with Crippen molar-refractivity contribution < 1.29 is 66.6 Å². The first-order valence-corrected chi connectivity index (χ1v) is 9.46. The molecule has 2 N–H and O–H groups in total. The van der Waals surface area contributed by atoms with Crippen LogP contribution in [0.3, 0.4) is 0 Å². The molecule has 0 fully saturated rings. The van der Waals surface area contributed by atoms with Crippen LogP contribution < -0.4 is 58.1 Å². The second-order valence-corrected chi connectivity index (χ2v) is 7.28. The number of nitrogens with one attached hydrogen (secondary N) is 2. The zero-order valence-corrected chi connectivity index (χ0v) is 16.6. The van der Waals surface area contributed by atoms with Gasteiger partial charge in [-0.2, -0.15) is 0 Å². The van der Waals surface area contributed by atoms with Crippen LogP contribution in [0.25, 0.3) is 0 Å². The Kier molecular flexibility index (Phi) is 12.2. The number of rotatable bonds is 8. The molecule has 2 aromatic carbocycles. The SMILES string of the molecule is O=C(NCP(=O)([O-])N[C@@H](C(=O)[O-])c1ccccc1)OCc1ccccc1.[Li+].[Li+]. The van der Waals surface area contributed by atoms with Gasteiger partial charge in [0.15, 0.2) is 0 Å². The van der Waals surface area contributed by atoms with E-state index < -0.39 is 31.9 Å². The van der Waals surface area contributed by atoms with Crippen molar-refractivity contribution in [1.82, 2.24) is 10.4 Å². The molecule has 0 bridgehead atoms. The molecule has 0 radical (unpaired) electrons. The summed E-state index contributed by atoms with van der Waals surface area (Å²) in [7, 11) is -4.45. The number of carbonyl (C=O) groups excluding carboxylic acids is 2. The summed E-state index contributed by atoms with van der Waals surface area (Å²) in [6.07, 6.45) is -1.74. The van der Waals surface area contributed by atoms with Gasteiger partial charge >= 0.3 is 43.8 Å². The third-order valence-corrected chi connectivity index (χ3v) is 4.56. The number of ether oxygens (including phenoxy) is 1. The monoisotopic (exact) mass is 390 g/mol. The second-order valence-electron chi connectivity index (χ2n) is 5.36. The zero-order chi connectivity index (χ0) is 19.0. The summed E-state index contributed by atoms with van der Waals surface area (Å²) in [4.78, 5) is 34.9. The van der Waals surface area contributed by atoms with Crippen LogP contribution in [0, 0.1) is 0 Å². The Hall–Kier alpha value is -1.48. The Balaban J connectivity index is 0.00000364. The fraction of sp³-hybridized carbons (Fsp3) is 0.176. The van der Waals surface area contributed by atoms with Gasteiger partial charge in [-0.15, -0.1) is 0 Å². The van der Waals surface area contributed by atoms with Gasteiger partial charge in [-0.3, -0.25) is 5.09 Å². The van der Waals surface area contributed by atoms with Crippen molar-refractivity contribution in [3.05, 3.63) is 71.8 Å². The van der Waals surface area contributed by atoms with Crippen LogP contribution in [0.1, 0.15) is 17.2 Å². The molecule has 8 nitrogen and oxygen atoms in total. The predicted octanol–water partition coefficient (Wildman–Crippen LogP) is -5.49. The number of carbonyl (C=O) groups is 2. The van der Waals surface area contributed by atoms with Gasteiger partial charge in [0.05, 0.1) is 25.8 Å². The summed E-state index contributed by atoms with van der Waals surface area (Å²) in [5.74, 6) is -1.60. The number of aliphatic carboxylic acids is 1. The van der Waals surface area contributed by atoms with Gasteiger partial charge in [-0.25, -0.2) is 4.79 Å². The summed E-state index contributed by atoms with van der Waals surface area (Å²) in [5, 5.41) is 15.3. The molecule has 0 spiro atoms. The molecule has 0 aromatic heterocycles. The third-order valence-electron chi connectivity index (χ3n) is 3.34. The normalized spacial score (nSPS) is 13.0. The maximum absolute atomic E-state index is 12.1. The van der Waals surface area contributed by atoms with E-state index in [-0.39, 0.29) is 49.9 Å². The summed E-state index contributed by atoms with van der Waals surface area (Å²) in [6.45, 7) is -0.0189. The van der Waals surface area contributed by atoms with Crippen molar-refractivity contribution in [2.75, 3.05) is 6.29 Å². The number of hydrogen-bond donors (Lipinski definition) is 2. The smallest absolute Gasteiger partial charge is 0.787 e. The molecule has 1 unspecified atom stereocenters.